The molecule has 1 aromatic carbocycles. The van der Waals surface area contributed by atoms with E-state index in [-0.39, 0.29) is 29.0 Å². The molecule has 1 saturated carbocycles. The summed E-state index contributed by atoms with van der Waals surface area (Å²) < 4.78 is 31.7. The number of hydrogen-bond donors (Lipinski definition) is 3. The molecule has 3 rings (SSSR count). The largest absolute Gasteiger partial charge is 0.396 e. The lowest BCUT2D eigenvalue weighted by molar-refractivity contribution is 0.0847. The van der Waals surface area contributed by atoms with Crippen LogP contribution in [0.1, 0.15) is 52.8 Å². The van der Waals surface area contributed by atoms with Crippen LogP contribution in [0.3, 0.4) is 0 Å². The van der Waals surface area contributed by atoms with Crippen molar-refractivity contribution >= 4 is 17.5 Å². The molecule has 2 aromatic rings. The molecule has 0 bridgehead atoms. The van der Waals surface area contributed by atoms with Gasteiger partial charge in [0.2, 0.25) is 5.76 Å². The van der Waals surface area contributed by atoms with Crippen LogP contribution in [0.2, 0.25) is 0 Å². The van der Waals surface area contributed by atoms with Gasteiger partial charge in [0.25, 0.3) is 11.8 Å². The third-order valence-electron chi connectivity index (χ3n) is 4.89. The van der Waals surface area contributed by atoms with Crippen LogP contribution in [0.15, 0.2) is 22.7 Å². The molecular formula is C19H22F2N4O3. The molecule has 0 aliphatic heterocycles. The molecule has 0 radical (unpaired) electrons. The summed E-state index contributed by atoms with van der Waals surface area (Å²) in [7, 11) is 0. The van der Waals surface area contributed by atoms with E-state index >= 15 is 0 Å². The number of rotatable bonds is 7. The van der Waals surface area contributed by atoms with Crippen LogP contribution in [0.4, 0.5) is 14.5 Å². The first-order valence-electron chi connectivity index (χ1n) is 9.16. The second kappa shape index (κ2) is 8.37. The average molecular weight is 392 g/mol. The van der Waals surface area contributed by atoms with E-state index in [1.807, 2.05) is 6.92 Å². The highest BCUT2D eigenvalue weighted by Crippen LogP contribution is 2.30. The highest BCUT2D eigenvalue weighted by molar-refractivity contribution is 5.99. The maximum Gasteiger partial charge on any atom is 0.290 e. The topological polar surface area (TPSA) is 110 Å². The highest BCUT2D eigenvalue weighted by atomic mass is 19.1. The number of nitrogen functional groups attached to an aromatic ring is 1. The van der Waals surface area contributed by atoms with E-state index in [4.69, 9.17) is 10.3 Å². The smallest absolute Gasteiger partial charge is 0.290 e. The van der Waals surface area contributed by atoms with Crippen LogP contribution in [0.25, 0.3) is 0 Å². The van der Waals surface area contributed by atoms with E-state index in [1.165, 1.54) is 0 Å². The van der Waals surface area contributed by atoms with Gasteiger partial charge in [-0.1, -0.05) is 12.1 Å². The normalized spacial score (nSPS) is 18.4. The van der Waals surface area contributed by atoms with E-state index in [2.05, 4.69) is 15.8 Å². The number of halogens is 2. The summed E-state index contributed by atoms with van der Waals surface area (Å²) in [6.45, 7) is 2.28. The van der Waals surface area contributed by atoms with Crippen LogP contribution >= 0.6 is 0 Å². The first-order chi connectivity index (χ1) is 13.4. The van der Waals surface area contributed by atoms with Gasteiger partial charge < -0.3 is 20.9 Å². The number of nitrogens with one attached hydrogen (secondary N) is 2. The minimum atomic E-state index is -0.958. The van der Waals surface area contributed by atoms with Crippen LogP contribution in [-0.4, -0.2) is 29.6 Å². The van der Waals surface area contributed by atoms with Gasteiger partial charge in [0.1, 0.15) is 11.6 Å². The summed E-state index contributed by atoms with van der Waals surface area (Å²) in [6.07, 6.45) is 2.96. The van der Waals surface area contributed by atoms with E-state index in [0.717, 1.165) is 24.6 Å². The highest BCUT2D eigenvalue weighted by Gasteiger charge is 2.31. The monoisotopic (exact) mass is 392 g/mol. The molecule has 0 spiro atoms. The number of carbonyl (C=O) groups is 2. The number of anilines is 1. The van der Waals surface area contributed by atoms with Crippen molar-refractivity contribution < 1.29 is 22.9 Å². The van der Waals surface area contributed by atoms with Crippen LogP contribution in [0, 0.1) is 17.6 Å². The van der Waals surface area contributed by atoms with Gasteiger partial charge in [-0.25, -0.2) is 8.78 Å². The van der Waals surface area contributed by atoms with Crippen LogP contribution in [-0.2, 0) is 6.42 Å². The summed E-state index contributed by atoms with van der Waals surface area (Å²) in [4.78, 5) is 24.1. The Morgan fingerprint density at radius 3 is 2.68 bits per heavy atom. The number of benzene rings is 1. The number of nitrogens with two attached hydrogens (primary N) is 1. The predicted molar refractivity (Wildman–Crippen MR) is 97.6 cm³/mol. The Morgan fingerprint density at radius 1 is 1.25 bits per heavy atom. The van der Waals surface area contributed by atoms with Crippen molar-refractivity contribution in [3.63, 3.8) is 0 Å². The molecule has 28 heavy (non-hydrogen) atoms. The minimum absolute atomic E-state index is 0.0522. The molecule has 4 N–H and O–H groups in total. The lowest BCUT2D eigenvalue weighted by Gasteiger charge is -2.35. The Bertz CT molecular complexity index is 878. The SMILES string of the molecule is CCc1cc(C(=O)NC2CC(CCNC(=O)c3cc(F)cc(F)c3N)C2)on1. The summed E-state index contributed by atoms with van der Waals surface area (Å²) in [6, 6.07) is 3.23. The average Bonchev–Trinajstić information content (AvgIpc) is 3.11. The number of aromatic nitrogens is 1. The number of amides is 2. The Balaban J connectivity index is 1.39. The van der Waals surface area contributed by atoms with Crippen molar-refractivity contribution in [3.05, 3.63) is 46.9 Å². The molecule has 2 amide bonds. The quantitative estimate of drug-likeness (QED) is 0.627. The van der Waals surface area contributed by atoms with Crippen LogP contribution < -0.4 is 16.4 Å². The van der Waals surface area contributed by atoms with Gasteiger partial charge in [0.15, 0.2) is 0 Å². The molecule has 150 valence electrons. The third kappa shape index (κ3) is 4.47. The maximum absolute atomic E-state index is 13.4. The number of aryl methyl sites for hydroxylation is 1. The van der Waals surface area contributed by atoms with E-state index < -0.39 is 17.5 Å². The van der Waals surface area contributed by atoms with Crippen molar-refractivity contribution in [1.82, 2.24) is 15.8 Å². The summed E-state index contributed by atoms with van der Waals surface area (Å²) >= 11 is 0. The van der Waals surface area contributed by atoms with Crippen molar-refractivity contribution in [2.24, 2.45) is 5.92 Å². The molecule has 0 unspecified atom stereocenters. The maximum atomic E-state index is 13.4. The summed E-state index contributed by atoms with van der Waals surface area (Å²) in [5.74, 6) is -2.17. The second-order valence-corrected chi connectivity index (χ2v) is 6.94. The predicted octanol–water partition coefficient (Wildman–Crippen LogP) is 2.43. The molecule has 1 heterocycles. The number of carbonyl (C=O) groups excluding carboxylic acids is 2. The fourth-order valence-corrected chi connectivity index (χ4v) is 3.19. The fourth-order valence-electron chi connectivity index (χ4n) is 3.19. The molecule has 0 atom stereocenters. The fraction of sp³-hybridized carbons (Fsp3) is 0.421. The number of nitrogens with zero attached hydrogens (tertiary/aromatic N) is 1. The zero-order valence-corrected chi connectivity index (χ0v) is 15.4. The molecule has 9 heteroatoms. The third-order valence-corrected chi connectivity index (χ3v) is 4.89. The lowest BCUT2D eigenvalue weighted by Crippen LogP contribution is -2.45. The summed E-state index contributed by atoms with van der Waals surface area (Å²) in [5, 5.41) is 9.30. The minimum Gasteiger partial charge on any atom is -0.396 e. The van der Waals surface area contributed by atoms with Gasteiger partial charge in [-0.15, -0.1) is 0 Å². The molecular weight excluding hydrogens is 370 g/mol. The Hall–Kier alpha value is -2.97. The molecule has 7 nitrogen and oxygen atoms in total. The molecule has 1 aliphatic rings. The van der Waals surface area contributed by atoms with Crippen molar-refractivity contribution in [2.45, 2.75) is 38.6 Å². The van der Waals surface area contributed by atoms with Gasteiger partial charge in [0, 0.05) is 24.7 Å². The van der Waals surface area contributed by atoms with Crippen molar-refractivity contribution in [2.75, 3.05) is 12.3 Å². The van der Waals surface area contributed by atoms with E-state index in [1.54, 1.807) is 6.07 Å². The van der Waals surface area contributed by atoms with Crippen LogP contribution in [0.5, 0.6) is 0 Å². The molecule has 1 aliphatic carbocycles. The second-order valence-electron chi connectivity index (χ2n) is 6.94. The molecule has 0 saturated heterocycles. The zero-order chi connectivity index (χ0) is 20.3. The van der Waals surface area contributed by atoms with E-state index in [0.29, 0.717) is 31.4 Å². The molecule has 1 fully saturated rings. The van der Waals surface area contributed by atoms with Gasteiger partial charge in [-0.2, -0.15) is 0 Å². The Morgan fingerprint density at radius 2 is 2.00 bits per heavy atom. The van der Waals surface area contributed by atoms with Gasteiger partial charge >= 0.3 is 0 Å². The Labute approximate surface area is 160 Å². The van der Waals surface area contributed by atoms with Crippen molar-refractivity contribution in [3.8, 4) is 0 Å². The van der Waals surface area contributed by atoms with E-state index in [9.17, 15) is 18.4 Å². The first kappa shape index (κ1) is 19.8. The van der Waals surface area contributed by atoms with Crippen molar-refractivity contribution in [1.29, 1.82) is 0 Å². The van der Waals surface area contributed by atoms with Gasteiger partial charge in [0.05, 0.1) is 16.9 Å². The Kier molecular flexibility index (Phi) is 5.91. The zero-order valence-electron chi connectivity index (χ0n) is 15.4. The van der Waals surface area contributed by atoms with Gasteiger partial charge in [-0.05, 0) is 37.7 Å². The first-order valence-corrected chi connectivity index (χ1v) is 9.16. The van der Waals surface area contributed by atoms with Gasteiger partial charge in [-0.3, -0.25) is 9.59 Å². The molecule has 1 aromatic heterocycles. The summed E-state index contributed by atoms with van der Waals surface area (Å²) in [5.41, 5.74) is 5.63. The number of hydrogen-bond acceptors (Lipinski definition) is 5. The lowest BCUT2D eigenvalue weighted by atomic mass is 9.78. The standard InChI is InChI=1S/C19H22F2N4O3/c1-2-12-9-16(28-25-12)19(27)24-13-5-10(6-13)3-4-23-18(26)14-7-11(20)8-15(21)17(14)22/h7-10,13H,2-6,22H2,1H3,(H,23,26)(H,24,27).